The number of imidazole rings is 1. The standard InChI is InChI=1S/C6H6N4S/c1-2-10(4-7-1)3-6-8-5-11-9-6/h1-2,4-5H,3H2. The van der Waals surface area contributed by atoms with E-state index in [1.807, 2.05) is 10.8 Å². The van der Waals surface area contributed by atoms with E-state index in [1.54, 1.807) is 18.0 Å². The molecule has 2 aromatic heterocycles. The van der Waals surface area contributed by atoms with E-state index < -0.39 is 0 Å². The first kappa shape index (κ1) is 6.48. The van der Waals surface area contributed by atoms with Crippen molar-refractivity contribution in [3.05, 3.63) is 30.1 Å². The summed E-state index contributed by atoms with van der Waals surface area (Å²) < 4.78 is 6.01. The molecular weight excluding hydrogens is 160 g/mol. The monoisotopic (exact) mass is 166 g/mol. The summed E-state index contributed by atoms with van der Waals surface area (Å²) in [6.45, 7) is 0.712. The van der Waals surface area contributed by atoms with Gasteiger partial charge in [0.05, 0.1) is 12.9 Å². The number of hydrogen-bond donors (Lipinski definition) is 0. The van der Waals surface area contributed by atoms with Crippen molar-refractivity contribution in [2.75, 3.05) is 0 Å². The molecule has 0 aromatic carbocycles. The summed E-state index contributed by atoms with van der Waals surface area (Å²) >= 11 is 1.37. The van der Waals surface area contributed by atoms with Crippen LogP contribution in [0.15, 0.2) is 24.2 Å². The summed E-state index contributed by atoms with van der Waals surface area (Å²) in [5, 5.41) is 0. The van der Waals surface area contributed by atoms with Gasteiger partial charge in [-0.1, -0.05) is 0 Å². The van der Waals surface area contributed by atoms with Crippen LogP contribution >= 0.6 is 11.5 Å². The lowest BCUT2D eigenvalue weighted by atomic mass is 10.6. The van der Waals surface area contributed by atoms with E-state index in [0.29, 0.717) is 6.54 Å². The fourth-order valence-electron chi connectivity index (χ4n) is 0.806. The quantitative estimate of drug-likeness (QED) is 0.662. The zero-order chi connectivity index (χ0) is 7.52. The summed E-state index contributed by atoms with van der Waals surface area (Å²) in [6.07, 6.45) is 5.38. The van der Waals surface area contributed by atoms with Crippen molar-refractivity contribution in [3.8, 4) is 0 Å². The van der Waals surface area contributed by atoms with Gasteiger partial charge < -0.3 is 4.57 Å². The lowest BCUT2D eigenvalue weighted by molar-refractivity contribution is 0.758. The summed E-state index contributed by atoms with van der Waals surface area (Å²) in [5.41, 5.74) is 1.73. The average Bonchev–Trinajstić information content (AvgIpc) is 2.60. The molecule has 0 aliphatic rings. The van der Waals surface area contributed by atoms with E-state index in [9.17, 15) is 0 Å². The number of rotatable bonds is 2. The predicted octanol–water partition coefficient (Wildman–Crippen LogP) is 0.783. The van der Waals surface area contributed by atoms with Gasteiger partial charge >= 0.3 is 0 Å². The minimum atomic E-state index is 0.712. The molecule has 2 heterocycles. The highest BCUT2D eigenvalue weighted by molar-refractivity contribution is 7.03. The lowest BCUT2D eigenvalue weighted by Crippen LogP contribution is -1.97. The van der Waals surface area contributed by atoms with Gasteiger partial charge in [-0.2, -0.15) is 4.37 Å². The molecule has 56 valence electrons. The molecule has 11 heavy (non-hydrogen) atoms. The Balaban J connectivity index is 2.14. The van der Waals surface area contributed by atoms with Crippen LogP contribution in [0, 0.1) is 0 Å². The summed E-state index contributed by atoms with van der Waals surface area (Å²) in [4.78, 5) is 7.96. The molecule has 0 atom stereocenters. The first-order valence-corrected chi connectivity index (χ1v) is 4.00. The predicted molar refractivity (Wildman–Crippen MR) is 41.2 cm³/mol. The second-order valence-corrected chi connectivity index (χ2v) is 2.69. The van der Waals surface area contributed by atoms with Crippen LogP contribution in [0.25, 0.3) is 0 Å². The fourth-order valence-corrected chi connectivity index (χ4v) is 1.25. The van der Waals surface area contributed by atoms with Crippen LogP contribution in [-0.2, 0) is 6.54 Å². The highest BCUT2D eigenvalue weighted by Crippen LogP contribution is 1.97. The van der Waals surface area contributed by atoms with Crippen LogP contribution in [0.1, 0.15) is 5.82 Å². The third-order valence-corrected chi connectivity index (χ3v) is 1.81. The van der Waals surface area contributed by atoms with Crippen LogP contribution in [0.5, 0.6) is 0 Å². The molecule has 2 aromatic rings. The van der Waals surface area contributed by atoms with Crippen molar-refractivity contribution in [2.24, 2.45) is 0 Å². The van der Waals surface area contributed by atoms with E-state index in [1.165, 1.54) is 11.5 Å². The Labute approximate surface area is 67.7 Å². The molecular formula is C6H6N4S. The zero-order valence-corrected chi connectivity index (χ0v) is 6.53. The molecule has 2 rings (SSSR count). The number of aromatic nitrogens is 4. The van der Waals surface area contributed by atoms with Crippen molar-refractivity contribution in [1.29, 1.82) is 0 Å². The maximum atomic E-state index is 4.07. The van der Waals surface area contributed by atoms with Gasteiger partial charge in [0.2, 0.25) is 0 Å². The molecule has 0 radical (unpaired) electrons. The SMILES string of the molecule is c1cn(Cc2ncsn2)cn1. The largest absolute Gasteiger partial charge is 0.330 e. The normalized spacial score (nSPS) is 10.2. The molecule has 0 unspecified atom stereocenters. The molecule has 0 amide bonds. The van der Waals surface area contributed by atoms with Gasteiger partial charge in [-0.3, -0.25) is 0 Å². The van der Waals surface area contributed by atoms with E-state index in [4.69, 9.17) is 0 Å². The van der Waals surface area contributed by atoms with Crippen molar-refractivity contribution in [3.63, 3.8) is 0 Å². The molecule has 0 N–H and O–H groups in total. The first-order chi connectivity index (χ1) is 5.45. The Bertz CT molecular complexity index is 267. The van der Waals surface area contributed by atoms with Crippen LogP contribution in [0.4, 0.5) is 0 Å². The summed E-state index contributed by atoms with van der Waals surface area (Å²) in [5.74, 6) is 0.841. The van der Waals surface area contributed by atoms with Gasteiger partial charge in [-0.15, -0.1) is 0 Å². The maximum Gasteiger partial charge on any atom is 0.161 e. The van der Waals surface area contributed by atoms with E-state index in [0.717, 1.165) is 5.82 Å². The summed E-state index contributed by atoms with van der Waals surface area (Å²) in [7, 11) is 0. The molecule has 0 aliphatic carbocycles. The van der Waals surface area contributed by atoms with Crippen molar-refractivity contribution < 1.29 is 0 Å². The molecule has 0 fully saturated rings. The first-order valence-electron chi connectivity index (χ1n) is 3.16. The highest BCUT2D eigenvalue weighted by Gasteiger charge is 1.95. The van der Waals surface area contributed by atoms with Crippen LogP contribution in [0.3, 0.4) is 0 Å². The van der Waals surface area contributed by atoms with Gasteiger partial charge in [0, 0.05) is 12.4 Å². The molecule has 4 nitrogen and oxygen atoms in total. The van der Waals surface area contributed by atoms with Crippen molar-refractivity contribution >= 4 is 11.5 Å². The lowest BCUT2D eigenvalue weighted by Gasteiger charge is -1.93. The van der Waals surface area contributed by atoms with Crippen molar-refractivity contribution in [1.82, 2.24) is 18.9 Å². The smallest absolute Gasteiger partial charge is 0.161 e. The van der Waals surface area contributed by atoms with Gasteiger partial charge in [-0.25, -0.2) is 9.97 Å². The zero-order valence-electron chi connectivity index (χ0n) is 5.71. The minimum absolute atomic E-state index is 0.712. The molecule has 5 heteroatoms. The van der Waals surface area contributed by atoms with E-state index >= 15 is 0 Å². The highest BCUT2D eigenvalue weighted by atomic mass is 32.1. The Morgan fingerprint density at radius 2 is 2.55 bits per heavy atom. The van der Waals surface area contributed by atoms with Crippen LogP contribution in [-0.4, -0.2) is 18.9 Å². The van der Waals surface area contributed by atoms with Crippen LogP contribution < -0.4 is 0 Å². The minimum Gasteiger partial charge on any atom is -0.330 e. The van der Waals surface area contributed by atoms with E-state index in [2.05, 4.69) is 14.3 Å². The number of hydrogen-bond acceptors (Lipinski definition) is 4. The maximum absolute atomic E-state index is 4.07. The summed E-state index contributed by atoms with van der Waals surface area (Å²) in [6, 6.07) is 0. The topological polar surface area (TPSA) is 43.6 Å². The Morgan fingerprint density at radius 1 is 1.55 bits per heavy atom. The fraction of sp³-hybridized carbons (Fsp3) is 0.167. The molecule has 0 spiro atoms. The third kappa shape index (κ3) is 1.43. The second-order valence-electron chi connectivity index (χ2n) is 2.08. The Morgan fingerprint density at radius 3 is 3.18 bits per heavy atom. The van der Waals surface area contributed by atoms with Gasteiger partial charge in [0.25, 0.3) is 0 Å². The third-order valence-electron chi connectivity index (χ3n) is 1.29. The van der Waals surface area contributed by atoms with E-state index in [-0.39, 0.29) is 0 Å². The molecule has 0 bridgehead atoms. The second kappa shape index (κ2) is 2.79. The number of nitrogens with zero attached hydrogens (tertiary/aromatic N) is 4. The Hall–Kier alpha value is -1.23. The molecule has 0 saturated heterocycles. The Kier molecular flexibility index (Phi) is 1.64. The van der Waals surface area contributed by atoms with Gasteiger partial charge in [-0.05, 0) is 11.5 Å². The van der Waals surface area contributed by atoms with Gasteiger partial charge in [0.15, 0.2) is 5.82 Å². The molecule has 0 saturated carbocycles. The van der Waals surface area contributed by atoms with Crippen molar-refractivity contribution in [2.45, 2.75) is 6.54 Å². The van der Waals surface area contributed by atoms with Gasteiger partial charge in [0.1, 0.15) is 5.51 Å². The molecule has 0 aliphatic heterocycles. The average molecular weight is 166 g/mol. The van der Waals surface area contributed by atoms with Crippen LogP contribution in [0.2, 0.25) is 0 Å².